The number of rotatable bonds is 11. The molecule has 0 fully saturated rings. The highest BCUT2D eigenvalue weighted by Gasteiger charge is 2.30. The lowest BCUT2D eigenvalue weighted by Crippen LogP contribution is -2.49. The number of nitrogens with one attached hydrogen (secondary N) is 1. The molecule has 2 N–H and O–H groups in total. The number of hydrogen-bond acceptors (Lipinski definition) is 3. The van der Waals surface area contributed by atoms with Crippen molar-refractivity contribution in [2.45, 2.75) is 45.1 Å². The molecule has 0 aliphatic rings. The first-order valence-electron chi connectivity index (χ1n) is 7.78. The Balaban J connectivity index is 2.56. The fraction of sp³-hybridized carbons (Fsp3) is 0.647. The zero-order valence-corrected chi connectivity index (χ0v) is 12.9. The largest absolute Gasteiger partial charge is 0.394 e. The van der Waals surface area contributed by atoms with Crippen LogP contribution in [-0.2, 0) is 10.3 Å². The molecule has 0 saturated heterocycles. The van der Waals surface area contributed by atoms with Crippen molar-refractivity contribution in [3.05, 3.63) is 35.9 Å². The molecule has 0 saturated carbocycles. The van der Waals surface area contributed by atoms with Gasteiger partial charge in [-0.25, -0.2) is 0 Å². The predicted octanol–water partition coefficient (Wildman–Crippen LogP) is 3.08. The third-order valence-electron chi connectivity index (χ3n) is 3.60. The van der Waals surface area contributed by atoms with Crippen molar-refractivity contribution in [3.8, 4) is 0 Å². The van der Waals surface area contributed by atoms with Gasteiger partial charge in [0.15, 0.2) is 0 Å². The summed E-state index contributed by atoms with van der Waals surface area (Å²) in [6.07, 6.45) is 4.81. The summed E-state index contributed by atoms with van der Waals surface area (Å²) >= 11 is 0. The summed E-state index contributed by atoms with van der Waals surface area (Å²) in [5, 5.41) is 13.2. The van der Waals surface area contributed by atoms with E-state index in [1.165, 1.54) is 19.3 Å². The average Bonchev–Trinajstić information content (AvgIpc) is 2.50. The Hall–Kier alpha value is -0.900. The molecule has 0 radical (unpaired) electrons. The zero-order chi connectivity index (χ0) is 14.7. The van der Waals surface area contributed by atoms with Gasteiger partial charge >= 0.3 is 0 Å². The Bertz CT molecular complexity index is 342. The van der Waals surface area contributed by atoms with Crippen molar-refractivity contribution < 1.29 is 9.84 Å². The van der Waals surface area contributed by atoms with Crippen LogP contribution in [0.2, 0.25) is 0 Å². The standard InChI is InChI=1S/C17H29NO2/c1-3-5-6-10-13-20-15-17(14-19,18-4-2)16-11-8-7-9-12-16/h7-9,11-12,18-19H,3-6,10,13-15H2,1-2H3. The van der Waals surface area contributed by atoms with Crippen LogP contribution in [-0.4, -0.2) is 31.5 Å². The highest BCUT2D eigenvalue weighted by Crippen LogP contribution is 2.21. The molecular weight excluding hydrogens is 250 g/mol. The fourth-order valence-corrected chi connectivity index (χ4v) is 2.40. The van der Waals surface area contributed by atoms with Gasteiger partial charge in [-0.3, -0.25) is 0 Å². The first-order valence-corrected chi connectivity index (χ1v) is 7.78. The third kappa shape index (κ3) is 5.23. The Kier molecular flexibility index (Phi) is 8.51. The lowest BCUT2D eigenvalue weighted by Gasteiger charge is -2.33. The molecule has 3 heteroatoms. The van der Waals surface area contributed by atoms with E-state index in [1.54, 1.807) is 0 Å². The summed E-state index contributed by atoms with van der Waals surface area (Å²) in [6, 6.07) is 10.1. The number of aliphatic hydroxyl groups excluding tert-OH is 1. The molecule has 1 unspecified atom stereocenters. The van der Waals surface area contributed by atoms with Crippen LogP contribution in [0.4, 0.5) is 0 Å². The van der Waals surface area contributed by atoms with Gasteiger partial charge in [0.25, 0.3) is 0 Å². The number of aliphatic hydroxyl groups is 1. The minimum atomic E-state index is -0.485. The maximum Gasteiger partial charge on any atom is 0.0905 e. The molecule has 0 aliphatic heterocycles. The second kappa shape index (κ2) is 9.92. The smallest absolute Gasteiger partial charge is 0.0905 e. The molecule has 0 aliphatic carbocycles. The zero-order valence-electron chi connectivity index (χ0n) is 12.9. The Morgan fingerprint density at radius 3 is 2.45 bits per heavy atom. The molecule has 1 rings (SSSR count). The van der Waals surface area contributed by atoms with Crippen molar-refractivity contribution in [3.63, 3.8) is 0 Å². The molecule has 1 atom stereocenters. The number of ether oxygens (including phenoxy) is 1. The maximum atomic E-state index is 9.86. The van der Waals surface area contributed by atoms with Gasteiger partial charge in [-0.1, -0.05) is 63.4 Å². The first kappa shape index (κ1) is 17.2. The predicted molar refractivity (Wildman–Crippen MR) is 83.8 cm³/mol. The monoisotopic (exact) mass is 279 g/mol. The van der Waals surface area contributed by atoms with Gasteiger partial charge in [0, 0.05) is 6.61 Å². The van der Waals surface area contributed by atoms with Crippen molar-refractivity contribution in [2.24, 2.45) is 0 Å². The number of likely N-dealkylation sites (N-methyl/N-ethyl adjacent to an activating group) is 1. The summed E-state index contributed by atoms with van der Waals surface area (Å²) in [7, 11) is 0. The van der Waals surface area contributed by atoms with Crippen LogP contribution in [0.25, 0.3) is 0 Å². The van der Waals surface area contributed by atoms with Gasteiger partial charge in [0.1, 0.15) is 0 Å². The summed E-state index contributed by atoms with van der Waals surface area (Å²) in [5.41, 5.74) is 0.596. The van der Waals surface area contributed by atoms with Crippen molar-refractivity contribution in [1.82, 2.24) is 5.32 Å². The average molecular weight is 279 g/mol. The molecule has 0 heterocycles. The van der Waals surface area contributed by atoms with Crippen molar-refractivity contribution in [2.75, 3.05) is 26.4 Å². The van der Waals surface area contributed by atoms with Gasteiger partial charge in [-0.15, -0.1) is 0 Å². The summed E-state index contributed by atoms with van der Waals surface area (Å²) in [4.78, 5) is 0. The minimum absolute atomic E-state index is 0.0415. The SMILES string of the molecule is CCCCCCOCC(CO)(NCC)c1ccccc1. The maximum absolute atomic E-state index is 9.86. The highest BCUT2D eigenvalue weighted by atomic mass is 16.5. The van der Waals surface area contributed by atoms with Gasteiger partial charge < -0.3 is 15.2 Å². The van der Waals surface area contributed by atoms with Crippen LogP contribution in [0.3, 0.4) is 0 Å². The quantitative estimate of drug-likeness (QED) is 0.612. The normalized spacial score (nSPS) is 14.2. The van der Waals surface area contributed by atoms with E-state index < -0.39 is 5.54 Å². The van der Waals surface area contributed by atoms with E-state index in [9.17, 15) is 5.11 Å². The second-order valence-electron chi connectivity index (χ2n) is 5.25. The summed E-state index contributed by atoms with van der Waals surface area (Å²) < 4.78 is 5.82. The van der Waals surface area contributed by atoms with E-state index in [1.807, 2.05) is 30.3 Å². The minimum Gasteiger partial charge on any atom is -0.394 e. The van der Waals surface area contributed by atoms with Gasteiger partial charge in [0.05, 0.1) is 18.8 Å². The van der Waals surface area contributed by atoms with Crippen LogP contribution >= 0.6 is 0 Å². The van der Waals surface area contributed by atoms with Gasteiger partial charge in [-0.2, -0.15) is 0 Å². The highest BCUT2D eigenvalue weighted by molar-refractivity contribution is 5.25. The topological polar surface area (TPSA) is 41.5 Å². The van der Waals surface area contributed by atoms with E-state index in [2.05, 4.69) is 19.2 Å². The molecule has 0 spiro atoms. The lowest BCUT2D eigenvalue weighted by molar-refractivity contribution is 0.0327. The Labute approximate surface area is 123 Å². The van der Waals surface area contributed by atoms with Crippen LogP contribution in [0.5, 0.6) is 0 Å². The van der Waals surface area contributed by atoms with Crippen LogP contribution in [0, 0.1) is 0 Å². The number of benzene rings is 1. The van der Waals surface area contributed by atoms with Crippen LogP contribution in [0.1, 0.15) is 45.1 Å². The van der Waals surface area contributed by atoms with Gasteiger partial charge in [0.2, 0.25) is 0 Å². The molecule has 20 heavy (non-hydrogen) atoms. The third-order valence-corrected chi connectivity index (χ3v) is 3.60. The molecule has 114 valence electrons. The van der Waals surface area contributed by atoms with E-state index in [0.29, 0.717) is 6.61 Å². The van der Waals surface area contributed by atoms with Crippen LogP contribution < -0.4 is 5.32 Å². The molecule has 0 bridgehead atoms. The van der Waals surface area contributed by atoms with E-state index in [0.717, 1.165) is 25.1 Å². The molecule has 3 nitrogen and oxygen atoms in total. The van der Waals surface area contributed by atoms with Crippen molar-refractivity contribution in [1.29, 1.82) is 0 Å². The Morgan fingerprint density at radius 1 is 1.10 bits per heavy atom. The molecular formula is C17H29NO2. The fourth-order valence-electron chi connectivity index (χ4n) is 2.40. The van der Waals surface area contributed by atoms with Crippen LogP contribution in [0.15, 0.2) is 30.3 Å². The number of hydrogen-bond donors (Lipinski definition) is 2. The number of unbranched alkanes of at least 4 members (excludes halogenated alkanes) is 3. The second-order valence-corrected chi connectivity index (χ2v) is 5.25. The molecule has 0 amide bonds. The van der Waals surface area contributed by atoms with E-state index in [4.69, 9.17) is 4.74 Å². The van der Waals surface area contributed by atoms with E-state index in [-0.39, 0.29) is 6.61 Å². The molecule has 0 aromatic heterocycles. The van der Waals surface area contributed by atoms with E-state index >= 15 is 0 Å². The summed E-state index contributed by atoms with van der Waals surface area (Å²) in [6.45, 7) is 6.37. The molecule has 1 aromatic carbocycles. The lowest BCUT2D eigenvalue weighted by atomic mass is 9.91. The van der Waals surface area contributed by atoms with Crippen molar-refractivity contribution >= 4 is 0 Å². The van der Waals surface area contributed by atoms with Gasteiger partial charge in [-0.05, 0) is 18.5 Å². The Morgan fingerprint density at radius 2 is 1.85 bits per heavy atom. The molecule has 1 aromatic rings. The first-order chi connectivity index (χ1) is 9.79. The summed E-state index contributed by atoms with van der Waals surface area (Å²) in [5.74, 6) is 0.